The van der Waals surface area contributed by atoms with Crippen LogP contribution in [0.5, 0.6) is 0 Å². The summed E-state index contributed by atoms with van der Waals surface area (Å²) in [7, 11) is 0. The molecule has 1 saturated heterocycles. The third kappa shape index (κ3) is 4.61. The van der Waals surface area contributed by atoms with E-state index in [1.807, 2.05) is 27.7 Å². The molecule has 5 nitrogen and oxygen atoms in total. The number of amides is 1. The number of carbonyl (C=O) groups is 1. The van der Waals surface area contributed by atoms with E-state index >= 15 is 0 Å². The number of ether oxygens (including phenoxy) is 1. The summed E-state index contributed by atoms with van der Waals surface area (Å²) < 4.78 is 5.46. The number of hydrogen-bond acceptors (Lipinski definition) is 5. The summed E-state index contributed by atoms with van der Waals surface area (Å²) in [4.78, 5) is 17.3. The van der Waals surface area contributed by atoms with Crippen LogP contribution in [0.3, 0.4) is 0 Å². The Kier molecular flexibility index (Phi) is 5.94. The Morgan fingerprint density at radius 1 is 1.08 bits per heavy atom. The SMILES string of the molecule is Cc1c(N)c(C)c(CN2CCN(C(=O)OC(C)(C)C)CC2)c(C)c1S. The van der Waals surface area contributed by atoms with Crippen molar-refractivity contribution < 1.29 is 9.53 Å². The van der Waals surface area contributed by atoms with Gasteiger partial charge in [-0.05, 0) is 63.8 Å². The van der Waals surface area contributed by atoms with Crippen molar-refractivity contribution in [3.8, 4) is 0 Å². The molecule has 1 aliphatic rings. The van der Waals surface area contributed by atoms with Crippen LogP contribution in [-0.2, 0) is 11.3 Å². The number of anilines is 1. The molecule has 1 aromatic rings. The highest BCUT2D eigenvalue weighted by Gasteiger charge is 2.26. The number of benzene rings is 1. The van der Waals surface area contributed by atoms with Crippen molar-refractivity contribution in [1.82, 2.24) is 9.80 Å². The van der Waals surface area contributed by atoms with Crippen LogP contribution < -0.4 is 5.73 Å². The average molecular weight is 366 g/mol. The van der Waals surface area contributed by atoms with Crippen LogP contribution in [0.15, 0.2) is 4.90 Å². The molecule has 0 bridgehead atoms. The minimum absolute atomic E-state index is 0.225. The van der Waals surface area contributed by atoms with Gasteiger partial charge < -0.3 is 15.4 Å². The smallest absolute Gasteiger partial charge is 0.410 e. The Morgan fingerprint density at radius 3 is 2.16 bits per heavy atom. The van der Waals surface area contributed by atoms with E-state index in [1.54, 1.807) is 4.90 Å². The summed E-state index contributed by atoms with van der Waals surface area (Å²) in [6.45, 7) is 15.7. The van der Waals surface area contributed by atoms with Crippen molar-refractivity contribution >= 4 is 24.4 Å². The molecule has 2 rings (SSSR count). The maximum Gasteiger partial charge on any atom is 0.410 e. The van der Waals surface area contributed by atoms with Crippen molar-refractivity contribution in [2.45, 2.75) is 58.6 Å². The predicted octanol–water partition coefficient (Wildman–Crippen LogP) is 3.54. The summed E-state index contributed by atoms with van der Waals surface area (Å²) in [6.07, 6.45) is -0.225. The number of thiol groups is 1. The zero-order valence-corrected chi connectivity index (χ0v) is 17.2. The van der Waals surface area contributed by atoms with Crippen LogP contribution in [0.4, 0.5) is 10.5 Å². The first-order chi connectivity index (χ1) is 11.5. The van der Waals surface area contributed by atoms with Gasteiger partial charge in [0, 0.05) is 43.3 Å². The number of hydrogen-bond donors (Lipinski definition) is 2. The Labute approximate surface area is 156 Å². The molecule has 25 heavy (non-hydrogen) atoms. The molecule has 1 aromatic carbocycles. The summed E-state index contributed by atoms with van der Waals surface area (Å²) in [6, 6.07) is 0. The van der Waals surface area contributed by atoms with Gasteiger partial charge in [0.2, 0.25) is 0 Å². The molecule has 1 fully saturated rings. The number of nitrogens with zero attached hydrogens (tertiary/aromatic N) is 2. The average Bonchev–Trinajstić information content (AvgIpc) is 2.54. The first-order valence-electron chi connectivity index (χ1n) is 8.78. The second kappa shape index (κ2) is 7.46. The Hall–Kier alpha value is -1.40. The molecular formula is C19H31N3O2S. The predicted molar refractivity (Wildman–Crippen MR) is 105 cm³/mol. The van der Waals surface area contributed by atoms with Crippen molar-refractivity contribution in [3.05, 3.63) is 22.3 Å². The number of rotatable bonds is 2. The molecule has 1 heterocycles. The van der Waals surface area contributed by atoms with Gasteiger partial charge in [0.1, 0.15) is 5.60 Å². The fourth-order valence-electron chi connectivity index (χ4n) is 3.15. The van der Waals surface area contributed by atoms with Gasteiger partial charge in [0.25, 0.3) is 0 Å². The van der Waals surface area contributed by atoms with Crippen LogP contribution in [0.25, 0.3) is 0 Å². The molecule has 0 spiro atoms. The molecule has 0 saturated carbocycles. The Balaban J connectivity index is 2.03. The monoisotopic (exact) mass is 365 g/mol. The van der Waals surface area contributed by atoms with Gasteiger partial charge in [-0.3, -0.25) is 4.90 Å². The highest BCUT2D eigenvalue weighted by Crippen LogP contribution is 2.32. The zero-order chi connectivity index (χ0) is 18.9. The van der Waals surface area contributed by atoms with Crippen LogP contribution in [0.1, 0.15) is 43.0 Å². The third-order valence-corrected chi connectivity index (χ3v) is 5.50. The molecular weight excluding hydrogens is 334 g/mol. The Morgan fingerprint density at radius 2 is 1.64 bits per heavy atom. The minimum Gasteiger partial charge on any atom is -0.444 e. The first-order valence-corrected chi connectivity index (χ1v) is 9.23. The lowest BCUT2D eigenvalue weighted by Crippen LogP contribution is -2.49. The van der Waals surface area contributed by atoms with E-state index in [0.717, 1.165) is 41.3 Å². The van der Waals surface area contributed by atoms with Crippen LogP contribution in [0.2, 0.25) is 0 Å². The molecule has 0 aliphatic carbocycles. The van der Waals surface area contributed by atoms with E-state index in [-0.39, 0.29) is 6.09 Å². The van der Waals surface area contributed by atoms with Gasteiger partial charge in [-0.2, -0.15) is 0 Å². The number of carbonyl (C=O) groups excluding carboxylic acids is 1. The largest absolute Gasteiger partial charge is 0.444 e. The Bertz CT molecular complexity index is 631. The topological polar surface area (TPSA) is 58.8 Å². The van der Waals surface area contributed by atoms with E-state index in [4.69, 9.17) is 10.5 Å². The number of nitrogen functional groups attached to an aromatic ring is 1. The lowest BCUT2D eigenvalue weighted by atomic mass is 9.96. The van der Waals surface area contributed by atoms with E-state index < -0.39 is 5.60 Å². The fraction of sp³-hybridized carbons (Fsp3) is 0.632. The molecule has 0 atom stereocenters. The molecule has 1 aliphatic heterocycles. The first kappa shape index (κ1) is 19.9. The number of piperazine rings is 1. The quantitative estimate of drug-likeness (QED) is 0.622. The molecule has 0 unspecified atom stereocenters. The van der Waals surface area contributed by atoms with Crippen LogP contribution in [0, 0.1) is 20.8 Å². The van der Waals surface area contributed by atoms with Gasteiger partial charge >= 0.3 is 6.09 Å². The summed E-state index contributed by atoms with van der Waals surface area (Å²) >= 11 is 4.63. The van der Waals surface area contributed by atoms with E-state index in [2.05, 4.69) is 31.4 Å². The van der Waals surface area contributed by atoms with Crippen LogP contribution in [-0.4, -0.2) is 47.7 Å². The fourth-order valence-corrected chi connectivity index (χ4v) is 3.41. The van der Waals surface area contributed by atoms with Crippen molar-refractivity contribution in [1.29, 1.82) is 0 Å². The molecule has 0 aromatic heterocycles. The molecule has 140 valence electrons. The van der Waals surface area contributed by atoms with Gasteiger partial charge in [-0.1, -0.05) is 0 Å². The molecule has 1 amide bonds. The van der Waals surface area contributed by atoms with E-state index in [9.17, 15) is 4.79 Å². The summed E-state index contributed by atoms with van der Waals surface area (Å²) in [5.74, 6) is 0. The van der Waals surface area contributed by atoms with Crippen molar-refractivity contribution in [3.63, 3.8) is 0 Å². The van der Waals surface area contributed by atoms with E-state index in [1.165, 1.54) is 11.1 Å². The van der Waals surface area contributed by atoms with Gasteiger partial charge in [-0.15, -0.1) is 12.6 Å². The van der Waals surface area contributed by atoms with Gasteiger partial charge in [0.05, 0.1) is 0 Å². The normalized spacial score (nSPS) is 16.2. The maximum absolute atomic E-state index is 12.2. The van der Waals surface area contributed by atoms with Gasteiger partial charge in [-0.25, -0.2) is 4.79 Å². The summed E-state index contributed by atoms with van der Waals surface area (Å²) in [5, 5.41) is 0. The molecule has 2 N–H and O–H groups in total. The lowest BCUT2D eigenvalue weighted by Gasteiger charge is -2.36. The van der Waals surface area contributed by atoms with Crippen LogP contribution >= 0.6 is 12.6 Å². The van der Waals surface area contributed by atoms with Crippen molar-refractivity contribution in [2.75, 3.05) is 31.9 Å². The molecule has 6 heteroatoms. The second-order valence-electron chi connectivity index (χ2n) is 7.86. The zero-order valence-electron chi connectivity index (χ0n) is 16.3. The lowest BCUT2D eigenvalue weighted by molar-refractivity contribution is 0.0138. The number of nitrogens with two attached hydrogens (primary N) is 1. The minimum atomic E-state index is -0.454. The maximum atomic E-state index is 12.2. The second-order valence-corrected chi connectivity index (χ2v) is 8.31. The molecule has 0 radical (unpaired) electrons. The van der Waals surface area contributed by atoms with Gasteiger partial charge in [0.15, 0.2) is 0 Å². The van der Waals surface area contributed by atoms with Crippen molar-refractivity contribution in [2.24, 2.45) is 0 Å². The van der Waals surface area contributed by atoms with E-state index in [0.29, 0.717) is 13.1 Å². The highest BCUT2D eigenvalue weighted by atomic mass is 32.1. The standard InChI is InChI=1S/C19H31N3O2S/c1-12-15(13(2)17(25)14(3)16(12)20)11-21-7-9-22(10-8-21)18(23)24-19(4,5)6/h25H,7-11,20H2,1-6H3. The summed E-state index contributed by atoms with van der Waals surface area (Å²) in [5.41, 5.74) is 11.3. The third-order valence-electron chi connectivity index (χ3n) is 4.83. The highest BCUT2D eigenvalue weighted by molar-refractivity contribution is 7.80.